The topological polar surface area (TPSA) is 49.8 Å². The molecule has 0 heterocycles. The van der Waals surface area contributed by atoms with Crippen LogP contribution in [0.15, 0.2) is 0 Å². The van der Waals surface area contributed by atoms with Gasteiger partial charge in [-0.15, -0.1) is 0 Å². The monoisotopic (exact) mass is 175 g/mol. The third-order valence-electron chi connectivity index (χ3n) is 1.56. The summed E-state index contributed by atoms with van der Waals surface area (Å²) in [5.74, 6) is -0.547. The Labute approximate surface area is 73.1 Å². The smallest absolute Gasteiger partial charge is 0.334 e. The third-order valence-corrected chi connectivity index (χ3v) is 1.56. The molecule has 0 spiro atoms. The highest BCUT2D eigenvalue weighted by molar-refractivity contribution is 5.74. The van der Waals surface area contributed by atoms with Crippen LogP contribution < -0.4 is 0 Å². The fourth-order valence-electron chi connectivity index (χ4n) is 0.855. The predicted octanol–water partition coefficient (Wildman–Crippen LogP) is -0.138. The first-order valence-corrected chi connectivity index (χ1v) is 3.98. The van der Waals surface area contributed by atoms with Crippen LogP contribution in [-0.2, 0) is 9.53 Å². The number of hydrogen-bond acceptors (Lipinski definition) is 4. The number of carbonyl (C=O) groups is 1. The Morgan fingerprint density at radius 1 is 1.58 bits per heavy atom. The molecule has 12 heavy (non-hydrogen) atoms. The van der Waals surface area contributed by atoms with E-state index < -0.39 is 12.1 Å². The summed E-state index contributed by atoms with van der Waals surface area (Å²) in [5, 5.41) is 9.14. The minimum Gasteiger partial charge on any atom is -0.467 e. The van der Waals surface area contributed by atoms with E-state index in [2.05, 4.69) is 4.74 Å². The quantitative estimate of drug-likeness (QED) is 0.591. The molecule has 0 aliphatic rings. The van der Waals surface area contributed by atoms with E-state index in [1.54, 1.807) is 0 Å². The molecule has 1 unspecified atom stereocenters. The van der Waals surface area contributed by atoms with Gasteiger partial charge in [0, 0.05) is 0 Å². The van der Waals surface area contributed by atoms with E-state index in [9.17, 15) is 4.79 Å². The first-order valence-electron chi connectivity index (χ1n) is 3.98. The fourth-order valence-corrected chi connectivity index (χ4v) is 0.855. The zero-order valence-corrected chi connectivity index (χ0v) is 7.91. The number of hydrogen-bond donors (Lipinski definition) is 1. The van der Waals surface area contributed by atoms with Gasteiger partial charge in [0.15, 0.2) is 6.10 Å². The highest BCUT2D eigenvalue weighted by Gasteiger charge is 2.13. The number of ether oxygens (including phenoxy) is 1. The molecule has 1 atom stereocenters. The number of rotatable bonds is 5. The molecule has 0 fully saturated rings. The maximum Gasteiger partial charge on any atom is 0.334 e. The summed E-state index contributed by atoms with van der Waals surface area (Å²) < 4.78 is 4.37. The van der Waals surface area contributed by atoms with Gasteiger partial charge in [-0.1, -0.05) is 0 Å². The van der Waals surface area contributed by atoms with Crippen molar-refractivity contribution in [3.63, 3.8) is 0 Å². The summed E-state index contributed by atoms with van der Waals surface area (Å²) in [7, 11) is 5.17. The van der Waals surface area contributed by atoms with Crippen LogP contribution in [0.4, 0.5) is 0 Å². The normalized spacial score (nSPS) is 13.1. The van der Waals surface area contributed by atoms with Gasteiger partial charge < -0.3 is 14.7 Å². The van der Waals surface area contributed by atoms with E-state index in [1.807, 2.05) is 19.0 Å². The number of nitrogens with zero attached hydrogens (tertiary/aromatic N) is 1. The largest absolute Gasteiger partial charge is 0.467 e. The Morgan fingerprint density at radius 2 is 2.17 bits per heavy atom. The van der Waals surface area contributed by atoms with Gasteiger partial charge in [-0.3, -0.25) is 0 Å². The van der Waals surface area contributed by atoms with Gasteiger partial charge in [-0.2, -0.15) is 0 Å². The van der Waals surface area contributed by atoms with Crippen molar-refractivity contribution in [2.24, 2.45) is 0 Å². The summed E-state index contributed by atoms with van der Waals surface area (Å²) in [6.07, 6.45) is 0.295. The van der Waals surface area contributed by atoms with Crippen molar-refractivity contribution in [1.29, 1.82) is 0 Å². The highest BCUT2D eigenvalue weighted by atomic mass is 16.5. The summed E-state index contributed by atoms with van der Waals surface area (Å²) in [4.78, 5) is 12.7. The molecule has 0 rings (SSSR count). The van der Waals surface area contributed by atoms with Crippen LogP contribution in [0, 0.1) is 0 Å². The second-order valence-electron chi connectivity index (χ2n) is 2.98. The molecule has 0 saturated heterocycles. The molecule has 0 aromatic carbocycles. The molecular formula is C8H17NO3. The summed E-state index contributed by atoms with van der Waals surface area (Å²) in [5.41, 5.74) is 0. The van der Waals surface area contributed by atoms with Crippen LogP contribution in [-0.4, -0.2) is 49.8 Å². The molecule has 0 radical (unpaired) electrons. The van der Waals surface area contributed by atoms with E-state index in [1.165, 1.54) is 7.11 Å². The molecule has 0 amide bonds. The van der Waals surface area contributed by atoms with Crippen molar-refractivity contribution < 1.29 is 14.6 Å². The number of carbonyl (C=O) groups excluding carboxylic acids is 1. The van der Waals surface area contributed by atoms with E-state index in [4.69, 9.17) is 5.11 Å². The van der Waals surface area contributed by atoms with Crippen molar-refractivity contribution >= 4 is 5.97 Å². The average Bonchev–Trinajstić information content (AvgIpc) is 2.02. The molecular weight excluding hydrogens is 158 g/mol. The van der Waals surface area contributed by atoms with Crippen LogP contribution in [0.5, 0.6) is 0 Å². The molecule has 0 bridgehead atoms. The molecule has 4 heteroatoms. The predicted molar refractivity (Wildman–Crippen MR) is 45.8 cm³/mol. The number of methoxy groups -OCH3 is 1. The molecule has 1 N–H and O–H groups in total. The molecule has 0 saturated carbocycles. The Kier molecular flexibility index (Phi) is 5.66. The maximum atomic E-state index is 10.7. The Morgan fingerprint density at radius 3 is 2.58 bits per heavy atom. The van der Waals surface area contributed by atoms with Gasteiger partial charge in [0.1, 0.15) is 0 Å². The van der Waals surface area contributed by atoms with E-state index >= 15 is 0 Å². The van der Waals surface area contributed by atoms with Crippen LogP contribution in [0.3, 0.4) is 0 Å². The van der Waals surface area contributed by atoms with Gasteiger partial charge in [0.2, 0.25) is 0 Å². The minimum absolute atomic E-state index is 0.463. The van der Waals surface area contributed by atoms with Gasteiger partial charge in [0.05, 0.1) is 7.11 Å². The van der Waals surface area contributed by atoms with E-state index in [0.29, 0.717) is 6.42 Å². The fraction of sp³-hybridized carbons (Fsp3) is 0.875. The lowest BCUT2D eigenvalue weighted by Gasteiger charge is -2.11. The lowest BCUT2D eigenvalue weighted by molar-refractivity contribution is -0.150. The van der Waals surface area contributed by atoms with Crippen LogP contribution in [0.25, 0.3) is 0 Å². The van der Waals surface area contributed by atoms with Crippen LogP contribution in [0.1, 0.15) is 12.8 Å². The SMILES string of the molecule is COC(=O)C(O)CCCN(C)C. The zero-order valence-electron chi connectivity index (χ0n) is 7.91. The lowest BCUT2D eigenvalue weighted by atomic mass is 10.2. The standard InChI is InChI=1S/C8H17NO3/c1-9(2)6-4-5-7(10)8(11)12-3/h7,10H,4-6H2,1-3H3. The van der Waals surface area contributed by atoms with Gasteiger partial charge >= 0.3 is 5.97 Å². The Hall–Kier alpha value is -0.610. The third kappa shape index (κ3) is 5.09. The van der Waals surface area contributed by atoms with E-state index in [0.717, 1.165) is 13.0 Å². The second kappa shape index (κ2) is 5.97. The highest BCUT2D eigenvalue weighted by Crippen LogP contribution is 1.99. The van der Waals surface area contributed by atoms with Crippen molar-refractivity contribution in [3.05, 3.63) is 0 Å². The molecule has 0 aliphatic carbocycles. The lowest BCUT2D eigenvalue weighted by Crippen LogP contribution is -2.23. The summed E-state index contributed by atoms with van der Waals surface area (Å²) in [6.45, 7) is 0.869. The molecule has 4 nitrogen and oxygen atoms in total. The van der Waals surface area contributed by atoms with Crippen molar-refractivity contribution in [2.45, 2.75) is 18.9 Å². The molecule has 0 aromatic heterocycles. The Bertz CT molecular complexity index is 136. The number of esters is 1. The maximum absolute atomic E-state index is 10.7. The average molecular weight is 175 g/mol. The van der Waals surface area contributed by atoms with Crippen molar-refractivity contribution in [3.8, 4) is 0 Å². The molecule has 72 valence electrons. The summed E-state index contributed by atoms with van der Waals surface area (Å²) in [6, 6.07) is 0. The first kappa shape index (κ1) is 11.4. The van der Waals surface area contributed by atoms with Crippen molar-refractivity contribution in [2.75, 3.05) is 27.7 Å². The van der Waals surface area contributed by atoms with E-state index in [-0.39, 0.29) is 0 Å². The molecule has 0 aliphatic heterocycles. The molecule has 0 aromatic rings. The zero-order chi connectivity index (χ0) is 9.56. The number of aliphatic hydroxyl groups excluding tert-OH is 1. The van der Waals surface area contributed by atoms with Crippen LogP contribution >= 0.6 is 0 Å². The van der Waals surface area contributed by atoms with Gasteiger partial charge in [-0.05, 0) is 33.5 Å². The van der Waals surface area contributed by atoms with Gasteiger partial charge in [0.25, 0.3) is 0 Å². The Balaban J connectivity index is 3.43. The number of aliphatic hydroxyl groups is 1. The van der Waals surface area contributed by atoms with Crippen LogP contribution in [0.2, 0.25) is 0 Å². The second-order valence-corrected chi connectivity index (χ2v) is 2.98. The minimum atomic E-state index is -0.963. The van der Waals surface area contributed by atoms with Crippen molar-refractivity contribution in [1.82, 2.24) is 4.90 Å². The first-order chi connectivity index (χ1) is 5.57. The summed E-state index contributed by atoms with van der Waals surface area (Å²) >= 11 is 0. The van der Waals surface area contributed by atoms with Gasteiger partial charge in [-0.25, -0.2) is 4.79 Å².